The molecule has 24 heavy (non-hydrogen) atoms. The summed E-state index contributed by atoms with van der Waals surface area (Å²) in [6.07, 6.45) is 5.27. The molecule has 128 valence electrons. The van der Waals surface area contributed by atoms with Gasteiger partial charge in [-0.25, -0.2) is 9.89 Å². The predicted octanol–water partition coefficient (Wildman–Crippen LogP) is 1.96. The number of nitrogens with zero attached hydrogens (tertiary/aromatic N) is 2. The average molecular weight is 346 g/mol. The molecule has 1 heterocycles. The Kier molecular flexibility index (Phi) is 5.74. The lowest BCUT2D eigenvalue weighted by Crippen LogP contribution is -2.34. The molecule has 6 nitrogen and oxygen atoms in total. The lowest BCUT2D eigenvalue weighted by molar-refractivity contribution is -0.119. The minimum absolute atomic E-state index is 0.0111. The van der Waals surface area contributed by atoms with Crippen LogP contribution in [0, 0.1) is 0 Å². The smallest absolute Gasteiger partial charge is 0.343 e. The van der Waals surface area contributed by atoms with Gasteiger partial charge in [-0.05, 0) is 24.8 Å². The Bertz CT molecular complexity index is 720. The van der Waals surface area contributed by atoms with Crippen LogP contribution in [0.1, 0.15) is 31.2 Å². The van der Waals surface area contributed by atoms with E-state index < -0.39 is 0 Å². The van der Waals surface area contributed by atoms with Gasteiger partial charge in [0.1, 0.15) is 0 Å². The molecule has 1 aromatic heterocycles. The molecule has 0 radical (unpaired) electrons. The second-order valence-corrected chi connectivity index (χ2v) is 6.98. The number of carbonyl (C=O) groups is 1. The van der Waals surface area contributed by atoms with Crippen LogP contribution in [0.15, 0.2) is 40.3 Å². The van der Waals surface area contributed by atoms with E-state index in [0.717, 1.165) is 19.3 Å². The highest BCUT2D eigenvalue weighted by molar-refractivity contribution is 7.99. The van der Waals surface area contributed by atoms with E-state index in [1.165, 1.54) is 30.2 Å². The first kappa shape index (κ1) is 16.8. The van der Waals surface area contributed by atoms with Gasteiger partial charge in [0, 0.05) is 12.6 Å². The summed E-state index contributed by atoms with van der Waals surface area (Å²) in [5, 5.41) is 10.1. The molecule has 0 aliphatic heterocycles. The van der Waals surface area contributed by atoms with Crippen LogP contribution in [-0.4, -0.2) is 32.5 Å². The maximum Gasteiger partial charge on any atom is 0.343 e. The fraction of sp³-hybridized carbons (Fsp3) is 0.471. The number of aryl methyl sites for hydroxylation is 1. The van der Waals surface area contributed by atoms with Crippen molar-refractivity contribution in [1.82, 2.24) is 20.1 Å². The van der Waals surface area contributed by atoms with Gasteiger partial charge in [-0.15, -0.1) is 5.10 Å². The van der Waals surface area contributed by atoms with Crippen LogP contribution in [0.3, 0.4) is 0 Å². The maximum absolute atomic E-state index is 12.0. The van der Waals surface area contributed by atoms with Crippen molar-refractivity contribution < 1.29 is 4.79 Å². The number of carbonyl (C=O) groups excluding carboxylic acids is 1. The van der Waals surface area contributed by atoms with Crippen molar-refractivity contribution in [2.75, 3.05) is 5.75 Å². The van der Waals surface area contributed by atoms with Crippen molar-refractivity contribution in [2.45, 2.75) is 49.8 Å². The van der Waals surface area contributed by atoms with Crippen LogP contribution in [-0.2, 0) is 17.8 Å². The van der Waals surface area contributed by atoms with Crippen molar-refractivity contribution in [3.63, 3.8) is 0 Å². The van der Waals surface area contributed by atoms with E-state index in [1.807, 2.05) is 30.3 Å². The van der Waals surface area contributed by atoms with Crippen molar-refractivity contribution >= 4 is 17.7 Å². The number of H-pyrrole nitrogens is 1. The molecular weight excluding hydrogens is 324 g/mol. The number of benzene rings is 1. The van der Waals surface area contributed by atoms with Crippen molar-refractivity contribution in [2.24, 2.45) is 0 Å². The predicted molar refractivity (Wildman–Crippen MR) is 94.1 cm³/mol. The molecule has 0 atom stereocenters. The minimum atomic E-state index is -0.232. The van der Waals surface area contributed by atoms with Gasteiger partial charge in [0.15, 0.2) is 5.16 Å². The summed E-state index contributed by atoms with van der Waals surface area (Å²) in [6, 6.07) is 10.3. The largest absolute Gasteiger partial charge is 0.353 e. The third-order valence-corrected chi connectivity index (χ3v) is 5.22. The van der Waals surface area contributed by atoms with Crippen molar-refractivity contribution in [3.8, 4) is 0 Å². The Labute approximate surface area is 145 Å². The molecule has 1 aliphatic carbocycles. The number of nitrogens with one attached hydrogen (secondary N) is 2. The molecule has 1 saturated carbocycles. The molecule has 1 aromatic carbocycles. The molecular formula is C17H22N4O2S. The van der Waals surface area contributed by atoms with Crippen molar-refractivity contribution in [1.29, 1.82) is 0 Å². The quantitative estimate of drug-likeness (QED) is 0.751. The van der Waals surface area contributed by atoms with Gasteiger partial charge in [0.05, 0.1) is 5.75 Å². The van der Waals surface area contributed by atoms with Gasteiger partial charge in [0.25, 0.3) is 0 Å². The summed E-state index contributed by atoms with van der Waals surface area (Å²) in [6.45, 7) is 0.548. The standard InChI is InChI=1S/C17H22N4O2S/c22-15(18-14-8-4-5-9-14)12-24-17-20-19-16(23)21(17)11-10-13-6-2-1-3-7-13/h1-3,6-7,14H,4-5,8-12H2,(H,18,22)(H,19,23). The van der Waals surface area contributed by atoms with Gasteiger partial charge >= 0.3 is 5.69 Å². The monoisotopic (exact) mass is 346 g/mol. The molecule has 1 fully saturated rings. The molecule has 0 unspecified atom stereocenters. The SMILES string of the molecule is O=C(CSc1n[nH]c(=O)n1CCc1ccccc1)NC1CCCC1. The third kappa shape index (κ3) is 4.50. The molecule has 0 spiro atoms. The van der Waals surface area contributed by atoms with E-state index >= 15 is 0 Å². The summed E-state index contributed by atoms with van der Waals surface area (Å²) in [4.78, 5) is 23.9. The third-order valence-electron chi connectivity index (χ3n) is 4.24. The van der Waals surface area contributed by atoms with E-state index in [-0.39, 0.29) is 17.3 Å². The summed E-state index contributed by atoms with van der Waals surface area (Å²) >= 11 is 1.30. The van der Waals surface area contributed by atoms with E-state index in [1.54, 1.807) is 4.57 Å². The van der Waals surface area contributed by atoms with Crippen LogP contribution in [0.25, 0.3) is 0 Å². The zero-order valence-corrected chi connectivity index (χ0v) is 14.3. The number of aromatic nitrogens is 3. The molecule has 7 heteroatoms. The lowest BCUT2D eigenvalue weighted by atomic mass is 10.1. The molecule has 1 amide bonds. The first-order valence-electron chi connectivity index (χ1n) is 8.33. The van der Waals surface area contributed by atoms with Crippen molar-refractivity contribution in [3.05, 3.63) is 46.4 Å². The lowest BCUT2D eigenvalue weighted by Gasteiger charge is -2.11. The number of thioether (sulfide) groups is 1. The summed E-state index contributed by atoms with van der Waals surface area (Å²) in [5.41, 5.74) is 0.935. The van der Waals surface area contributed by atoms with E-state index in [2.05, 4.69) is 15.5 Å². The molecule has 3 rings (SSSR count). The van der Waals surface area contributed by atoms with Gasteiger partial charge in [-0.1, -0.05) is 54.9 Å². The molecule has 2 N–H and O–H groups in total. The van der Waals surface area contributed by atoms with Gasteiger partial charge in [0.2, 0.25) is 5.91 Å². The van der Waals surface area contributed by atoms with Crippen LogP contribution in [0.4, 0.5) is 0 Å². The van der Waals surface area contributed by atoms with E-state index in [4.69, 9.17) is 0 Å². The Morgan fingerprint density at radius 2 is 2.04 bits per heavy atom. The number of rotatable bonds is 7. The Morgan fingerprint density at radius 3 is 2.79 bits per heavy atom. The van der Waals surface area contributed by atoms with Gasteiger partial charge in [-0.2, -0.15) is 0 Å². The highest BCUT2D eigenvalue weighted by Gasteiger charge is 2.18. The van der Waals surface area contributed by atoms with Gasteiger partial charge in [-0.3, -0.25) is 9.36 Å². The van der Waals surface area contributed by atoms with Crippen LogP contribution in [0.5, 0.6) is 0 Å². The molecule has 1 aliphatic rings. The summed E-state index contributed by atoms with van der Waals surface area (Å²) in [5.74, 6) is 0.295. The number of aromatic amines is 1. The molecule has 0 bridgehead atoms. The van der Waals surface area contributed by atoms with Crippen LogP contribution in [0.2, 0.25) is 0 Å². The number of hydrogen-bond donors (Lipinski definition) is 2. The Balaban J connectivity index is 1.54. The molecule has 0 saturated heterocycles. The van der Waals surface area contributed by atoms with E-state index in [0.29, 0.717) is 17.7 Å². The minimum Gasteiger partial charge on any atom is -0.353 e. The second kappa shape index (κ2) is 8.19. The van der Waals surface area contributed by atoms with Gasteiger partial charge < -0.3 is 5.32 Å². The van der Waals surface area contributed by atoms with Crippen LogP contribution >= 0.6 is 11.8 Å². The molecule has 2 aromatic rings. The Morgan fingerprint density at radius 1 is 1.29 bits per heavy atom. The first-order valence-corrected chi connectivity index (χ1v) is 9.32. The Hall–Kier alpha value is -2.02. The zero-order valence-electron chi connectivity index (χ0n) is 13.5. The average Bonchev–Trinajstić information content (AvgIpc) is 3.22. The highest BCUT2D eigenvalue weighted by Crippen LogP contribution is 2.18. The fourth-order valence-corrected chi connectivity index (χ4v) is 3.75. The number of amides is 1. The maximum atomic E-state index is 12.0. The fourth-order valence-electron chi connectivity index (χ4n) is 2.97. The normalized spacial score (nSPS) is 14.8. The number of hydrogen-bond acceptors (Lipinski definition) is 4. The summed E-state index contributed by atoms with van der Waals surface area (Å²) in [7, 11) is 0. The first-order chi connectivity index (χ1) is 11.7. The topological polar surface area (TPSA) is 79.8 Å². The highest BCUT2D eigenvalue weighted by atomic mass is 32.2. The van der Waals surface area contributed by atoms with E-state index in [9.17, 15) is 9.59 Å². The summed E-state index contributed by atoms with van der Waals surface area (Å²) < 4.78 is 1.60. The second-order valence-electron chi connectivity index (χ2n) is 6.04. The van der Waals surface area contributed by atoms with Crippen LogP contribution < -0.4 is 11.0 Å². The zero-order chi connectivity index (χ0) is 16.8.